The van der Waals surface area contributed by atoms with Crippen LogP contribution in [0.5, 0.6) is 0 Å². The lowest BCUT2D eigenvalue weighted by Crippen LogP contribution is -2.39. The smallest absolute Gasteiger partial charge is 0.311 e. The molecular formula is C15H26O3. The third kappa shape index (κ3) is 2.71. The van der Waals surface area contributed by atoms with Gasteiger partial charge in [0.2, 0.25) is 0 Å². The van der Waals surface area contributed by atoms with Crippen LogP contribution in [0.15, 0.2) is 0 Å². The minimum Gasteiger partial charge on any atom is -0.465 e. The molecule has 0 amide bonds. The van der Waals surface area contributed by atoms with Crippen molar-refractivity contribution in [1.29, 1.82) is 0 Å². The SMILES string of the molecule is CCC1CC(CC)C(C(O)C2CCCOC2=O)C1. The zero-order chi connectivity index (χ0) is 13.1. The highest BCUT2D eigenvalue weighted by molar-refractivity contribution is 5.73. The number of carbonyl (C=O) groups is 1. The quantitative estimate of drug-likeness (QED) is 0.785. The summed E-state index contributed by atoms with van der Waals surface area (Å²) in [5, 5.41) is 10.6. The van der Waals surface area contributed by atoms with Crippen molar-refractivity contribution >= 4 is 5.97 Å². The van der Waals surface area contributed by atoms with Crippen LogP contribution in [0.25, 0.3) is 0 Å². The standard InChI is InChI=1S/C15H26O3/c1-3-10-8-11(4-2)13(9-10)14(16)12-6-5-7-18-15(12)17/h10-14,16H,3-9H2,1-2H3. The van der Waals surface area contributed by atoms with E-state index in [0.717, 1.165) is 31.6 Å². The Morgan fingerprint density at radius 2 is 2.11 bits per heavy atom. The normalized spacial score (nSPS) is 38.5. The minimum atomic E-state index is -0.487. The van der Waals surface area contributed by atoms with E-state index in [0.29, 0.717) is 18.4 Å². The van der Waals surface area contributed by atoms with E-state index >= 15 is 0 Å². The summed E-state index contributed by atoms with van der Waals surface area (Å²) in [5.41, 5.74) is 0. The Labute approximate surface area is 110 Å². The van der Waals surface area contributed by atoms with Gasteiger partial charge in [-0.1, -0.05) is 26.7 Å². The van der Waals surface area contributed by atoms with Gasteiger partial charge < -0.3 is 9.84 Å². The Hall–Kier alpha value is -0.570. The molecule has 3 heteroatoms. The molecule has 0 aromatic carbocycles. The minimum absolute atomic E-state index is 0.177. The maximum absolute atomic E-state index is 11.8. The summed E-state index contributed by atoms with van der Waals surface area (Å²) >= 11 is 0. The maximum Gasteiger partial charge on any atom is 0.311 e. The van der Waals surface area contributed by atoms with Crippen LogP contribution in [0, 0.1) is 23.7 Å². The fourth-order valence-electron chi connectivity index (χ4n) is 3.81. The van der Waals surface area contributed by atoms with E-state index in [-0.39, 0.29) is 11.9 Å². The van der Waals surface area contributed by atoms with Gasteiger partial charge in [0.15, 0.2) is 0 Å². The van der Waals surface area contributed by atoms with E-state index in [1.54, 1.807) is 0 Å². The molecule has 5 atom stereocenters. The van der Waals surface area contributed by atoms with Crippen molar-refractivity contribution < 1.29 is 14.6 Å². The molecule has 0 aromatic rings. The van der Waals surface area contributed by atoms with Crippen molar-refractivity contribution in [1.82, 2.24) is 0 Å². The van der Waals surface area contributed by atoms with Crippen LogP contribution in [0.3, 0.4) is 0 Å². The number of carbonyl (C=O) groups excluding carboxylic acids is 1. The van der Waals surface area contributed by atoms with Gasteiger partial charge in [-0.05, 0) is 43.4 Å². The number of esters is 1. The molecule has 0 spiro atoms. The van der Waals surface area contributed by atoms with Gasteiger partial charge in [0, 0.05) is 0 Å². The highest BCUT2D eigenvalue weighted by Crippen LogP contribution is 2.44. The van der Waals surface area contributed by atoms with Gasteiger partial charge in [0.05, 0.1) is 18.6 Å². The number of hydrogen-bond acceptors (Lipinski definition) is 3. The molecule has 3 nitrogen and oxygen atoms in total. The number of aliphatic hydroxyl groups is 1. The molecule has 1 saturated heterocycles. The average molecular weight is 254 g/mol. The van der Waals surface area contributed by atoms with Gasteiger partial charge in [-0.2, -0.15) is 0 Å². The van der Waals surface area contributed by atoms with Gasteiger partial charge in [-0.25, -0.2) is 0 Å². The Balaban J connectivity index is 2.02. The van der Waals surface area contributed by atoms with Gasteiger partial charge in [0.25, 0.3) is 0 Å². The van der Waals surface area contributed by atoms with Crippen molar-refractivity contribution in [3.05, 3.63) is 0 Å². The van der Waals surface area contributed by atoms with Crippen LogP contribution in [-0.2, 0) is 9.53 Å². The van der Waals surface area contributed by atoms with E-state index < -0.39 is 6.10 Å². The molecule has 18 heavy (non-hydrogen) atoms. The molecule has 5 unspecified atom stereocenters. The van der Waals surface area contributed by atoms with Gasteiger partial charge in [-0.3, -0.25) is 4.79 Å². The first-order valence-corrected chi connectivity index (χ1v) is 7.52. The molecule has 2 rings (SSSR count). The van der Waals surface area contributed by atoms with Crippen LogP contribution in [0.2, 0.25) is 0 Å². The van der Waals surface area contributed by atoms with Crippen LogP contribution in [0.4, 0.5) is 0 Å². The largest absolute Gasteiger partial charge is 0.465 e. The Morgan fingerprint density at radius 1 is 1.33 bits per heavy atom. The summed E-state index contributed by atoms with van der Waals surface area (Å²) in [5.74, 6) is 1.17. The fourth-order valence-corrected chi connectivity index (χ4v) is 3.81. The van der Waals surface area contributed by atoms with Crippen molar-refractivity contribution in [3.8, 4) is 0 Å². The van der Waals surface area contributed by atoms with E-state index in [1.807, 2.05) is 0 Å². The second-order valence-electron chi connectivity index (χ2n) is 5.98. The number of rotatable bonds is 4. The van der Waals surface area contributed by atoms with E-state index in [9.17, 15) is 9.90 Å². The molecule has 104 valence electrons. The molecule has 1 aliphatic heterocycles. The summed E-state index contributed by atoms with van der Waals surface area (Å²) in [7, 11) is 0. The summed E-state index contributed by atoms with van der Waals surface area (Å²) in [4.78, 5) is 11.8. The number of cyclic esters (lactones) is 1. The van der Waals surface area contributed by atoms with Crippen LogP contribution in [0.1, 0.15) is 52.4 Å². The summed E-state index contributed by atoms with van der Waals surface area (Å²) in [6.45, 7) is 4.95. The summed E-state index contributed by atoms with van der Waals surface area (Å²) in [6, 6.07) is 0. The second kappa shape index (κ2) is 6.05. The first-order chi connectivity index (χ1) is 8.67. The topological polar surface area (TPSA) is 46.5 Å². The molecule has 2 aliphatic rings. The molecule has 1 N–H and O–H groups in total. The lowest BCUT2D eigenvalue weighted by Gasteiger charge is -2.31. The van der Waals surface area contributed by atoms with Crippen molar-refractivity contribution in [3.63, 3.8) is 0 Å². The lowest BCUT2D eigenvalue weighted by atomic mass is 9.80. The number of aliphatic hydroxyl groups excluding tert-OH is 1. The third-order valence-electron chi connectivity index (χ3n) is 5.01. The van der Waals surface area contributed by atoms with Crippen LogP contribution < -0.4 is 0 Å². The zero-order valence-corrected chi connectivity index (χ0v) is 11.6. The zero-order valence-electron chi connectivity index (χ0n) is 11.6. The number of hydrogen-bond donors (Lipinski definition) is 1. The molecule has 1 saturated carbocycles. The van der Waals surface area contributed by atoms with E-state index in [2.05, 4.69) is 13.8 Å². The molecular weight excluding hydrogens is 228 g/mol. The Kier molecular flexibility index (Phi) is 4.66. The van der Waals surface area contributed by atoms with Gasteiger partial charge >= 0.3 is 5.97 Å². The predicted octanol–water partition coefficient (Wildman–Crippen LogP) is 2.76. The highest BCUT2D eigenvalue weighted by Gasteiger charge is 2.42. The first-order valence-electron chi connectivity index (χ1n) is 7.52. The Bertz CT molecular complexity index is 289. The molecule has 0 aromatic heterocycles. The van der Waals surface area contributed by atoms with Gasteiger partial charge in [0.1, 0.15) is 0 Å². The van der Waals surface area contributed by atoms with Crippen molar-refractivity contribution in [2.75, 3.05) is 6.61 Å². The average Bonchev–Trinajstić information content (AvgIpc) is 2.82. The van der Waals surface area contributed by atoms with Gasteiger partial charge in [-0.15, -0.1) is 0 Å². The summed E-state index contributed by atoms with van der Waals surface area (Å²) < 4.78 is 5.09. The van der Waals surface area contributed by atoms with E-state index in [4.69, 9.17) is 4.74 Å². The molecule has 1 aliphatic carbocycles. The molecule has 1 heterocycles. The molecule has 2 fully saturated rings. The summed E-state index contributed by atoms with van der Waals surface area (Å²) in [6.07, 6.45) is 5.81. The fraction of sp³-hybridized carbons (Fsp3) is 0.933. The van der Waals surface area contributed by atoms with Crippen molar-refractivity contribution in [2.45, 2.75) is 58.5 Å². The monoisotopic (exact) mass is 254 g/mol. The third-order valence-corrected chi connectivity index (χ3v) is 5.01. The Morgan fingerprint density at radius 3 is 2.72 bits per heavy atom. The van der Waals surface area contributed by atoms with Crippen molar-refractivity contribution in [2.24, 2.45) is 23.7 Å². The predicted molar refractivity (Wildman–Crippen MR) is 70.0 cm³/mol. The highest BCUT2D eigenvalue weighted by atomic mass is 16.5. The molecule has 0 radical (unpaired) electrons. The maximum atomic E-state index is 11.8. The van der Waals surface area contributed by atoms with Crippen LogP contribution >= 0.6 is 0 Å². The second-order valence-corrected chi connectivity index (χ2v) is 5.98. The lowest BCUT2D eigenvalue weighted by molar-refractivity contribution is -0.160. The van der Waals surface area contributed by atoms with Crippen LogP contribution in [-0.4, -0.2) is 23.8 Å². The molecule has 0 bridgehead atoms. The first kappa shape index (κ1) is 13.9. The number of ether oxygens (including phenoxy) is 1. The van der Waals surface area contributed by atoms with E-state index in [1.165, 1.54) is 12.8 Å².